The van der Waals surface area contributed by atoms with Crippen LogP contribution in [0, 0.1) is 0 Å². The molecule has 0 saturated heterocycles. The van der Waals surface area contributed by atoms with Crippen LogP contribution in [0.15, 0.2) is 65.1 Å². The van der Waals surface area contributed by atoms with E-state index in [-0.39, 0.29) is 5.97 Å². The van der Waals surface area contributed by atoms with Gasteiger partial charge in [0.25, 0.3) is 0 Å². The van der Waals surface area contributed by atoms with E-state index < -0.39 is 5.60 Å². The van der Waals surface area contributed by atoms with Crippen molar-refractivity contribution in [1.29, 1.82) is 0 Å². The maximum Gasteiger partial charge on any atom is 0.333 e. The molecule has 28 heavy (non-hydrogen) atoms. The molecule has 1 aromatic heterocycles. The van der Waals surface area contributed by atoms with E-state index in [9.17, 15) is 4.79 Å². The summed E-state index contributed by atoms with van der Waals surface area (Å²) in [7, 11) is 0. The van der Waals surface area contributed by atoms with Gasteiger partial charge in [-0.25, -0.2) is 4.79 Å². The molecule has 3 heteroatoms. The molecule has 1 heterocycles. The van der Waals surface area contributed by atoms with Gasteiger partial charge in [-0.3, -0.25) is 0 Å². The lowest BCUT2D eigenvalue weighted by Crippen LogP contribution is -2.29. The predicted octanol–water partition coefficient (Wildman–Crippen LogP) is 6.49. The zero-order valence-corrected chi connectivity index (χ0v) is 17.2. The molecule has 0 bridgehead atoms. The molecule has 2 aromatic carbocycles. The van der Waals surface area contributed by atoms with Crippen molar-refractivity contribution >= 4 is 16.9 Å². The molecule has 0 aliphatic rings. The number of fused-ring (bicyclic) bond motifs is 1. The second-order valence-corrected chi connectivity index (χ2v) is 7.92. The van der Waals surface area contributed by atoms with Crippen molar-refractivity contribution in [3.8, 4) is 11.3 Å². The number of hydrogen-bond acceptors (Lipinski definition) is 3. The third kappa shape index (κ3) is 4.53. The van der Waals surface area contributed by atoms with E-state index in [1.807, 2.05) is 19.9 Å². The number of carbonyl (C=O) groups is 1. The summed E-state index contributed by atoms with van der Waals surface area (Å²) in [6, 6.07) is 16.8. The Labute approximate surface area is 167 Å². The highest BCUT2D eigenvalue weighted by molar-refractivity contribution is 5.87. The van der Waals surface area contributed by atoms with Crippen LogP contribution >= 0.6 is 0 Å². The van der Waals surface area contributed by atoms with Crippen molar-refractivity contribution in [3.05, 3.63) is 71.8 Å². The topological polar surface area (TPSA) is 39.4 Å². The molecule has 0 atom stereocenters. The lowest BCUT2D eigenvalue weighted by atomic mass is 9.98. The van der Waals surface area contributed by atoms with Gasteiger partial charge in [-0.2, -0.15) is 0 Å². The van der Waals surface area contributed by atoms with E-state index in [1.54, 1.807) is 6.92 Å². The summed E-state index contributed by atoms with van der Waals surface area (Å²) >= 11 is 0. The van der Waals surface area contributed by atoms with Crippen molar-refractivity contribution < 1.29 is 13.9 Å². The summed E-state index contributed by atoms with van der Waals surface area (Å²) in [4.78, 5) is 11.8. The fraction of sp³-hybridized carbons (Fsp3) is 0.320. The van der Waals surface area contributed by atoms with Gasteiger partial charge >= 0.3 is 5.97 Å². The Kier molecular flexibility index (Phi) is 5.73. The highest BCUT2D eigenvalue weighted by Gasteiger charge is 2.23. The first kappa shape index (κ1) is 19.9. The number of aryl methyl sites for hydroxylation is 2. The Balaban J connectivity index is 1.78. The average Bonchev–Trinajstić information content (AvgIpc) is 3.09. The third-order valence-electron chi connectivity index (χ3n) is 4.98. The molecule has 0 fully saturated rings. The number of ether oxygens (including phenoxy) is 1. The van der Waals surface area contributed by atoms with Gasteiger partial charge in [-0.05, 0) is 63.3 Å². The minimum absolute atomic E-state index is 0.342. The maximum absolute atomic E-state index is 11.8. The number of hydrogen-bond donors (Lipinski definition) is 0. The van der Waals surface area contributed by atoms with Gasteiger partial charge in [0, 0.05) is 16.5 Å². The Hall–Kier alpha value is -2.81. The summed E-state index contributed by atoms with van der Waals surface area (Å²) in [5.41, 5.74) is 4.36. The number of furan rings is 1. The summed E-state index contributed by atoms with van der Waals surface area (Å²) in [6.07, 6.45) is 2.49. The van der Waals surface area contributed by atoms with Crippen LogP contribution in [-0.2, 0) is 22.4 Å². The van der Waals surface area contributed by atoms with Crippen LogP contribution in [0.25, 0.3) is 22.3 Å². The lowest BCUT2D eigenvalue weighted by molar-refractivity contribution is -0.151. The zero-order chi connectivity index (χ0) is 20.3. The molecule has 3 rings (SSSR count). The number of benzene rings is 2. The molecule has 3 nitrogen and oxygen atoms in total. The van der Waals surface area contributed by atoms with Crippen LogP contribution in [-0.4, -0.2) is 11.6 Å². The van der Waals surface area contributed by atoms with Gasteiger partial charge < -0.3 is 9.15 Å². The van der Waals surface area contributed by atoms with Gasteiger partial charge in [0.1, 0.15) is 16.9 Å². The third-order valence-corrected chi connectivity index (χ3v) is 4.98. The molecule has 0 aliphatic carbocycles. The van der Waals surface area contributed by atoms with Gasteiger partial charge in [0.05, 0.1) is 0 Å². The van der Waals surface area contributed by atoms with Gasteiger partial charge in [-0.1, -0.05) is 49.9 Å². The molecular formula is C25H28O3. The molecule has 0 spiro atoms. The largest absolute Gasteiger partial charge is 0.456 e. The quantitative estimate of drug-likeness (QED) is 0.349. The SMILES string of the molecule is C=C(C)C(=O)OC(C)(C)CCc1ccc2cc(-c3ccccc3CC)oc2c1. The van der Waals surface area contributed by atoms with E-state index in [4.69, 9.17) is 9.15 Å². The molecule has 146 valence electrons. The summed E-state index contributed by atoms with van der Waals surface area (Å²) in [6.45, 7) is 11.3. The Morgan fingerprint density at radius 3 is 2.61 bits per heavy atom. The van der Waals surface area contributed by atoms with Gasteiger partial charge in [0.2, 0.25) is 0 Å². The number of carbonyl (C=O) groups excluding carboxylic acids is 1. The van der Waals surface area contributed by atoms with Crippen LogP contribution in [0.5, 0.6) is 0 Å². The summed E-state index contributed by atoms with van der Waals surface area (Å²) in [5, 5.41) is 1.10. The normalized spacial score (nSPS) is 11.6. The summed E-state index contributed by atoms with van der Waals surface area (Å²) < 4.78 is 11.7. The molecular weight excluding hydrogens is 348 g/mol. The predicted molar refractivity (Wildman–Crippen MR) is 114 cm³/mol. The molecule has 0 aliphatic heterocycles. The van der Waals surface area contributed by atoms with Crippen LogP contribution in [0.3, 0.4) is 0 Å². The van der Waals surface area contributed by atoms with Crippen molar-refractivity contribution in [2.24, 2.45) is 0 Å². The first-order valence-corrected chi connectivity index (χ1v) is 9.78. The molecule has 3 aromatic rings. The second kappa shape index (κ2) is 8.05. The Morgan fingerprint density at radius 1 is 1.14 bits per heavy atom. The van der Waals surface area contributed by atoms with Gasteiger partial charge in [-0.15, -0.1) is 0 Å². The Bertz CT molecular complexity index is 1010. The fourth-order valence-corrected chi connectivity index (χ4v) is 3.27. The van der Waals surface area contributed by atoms with Crippen LogP contribution in [0.1, 0.15) is 45.2 Å². The van der Waals surface area contributed by atoms with Crippen molar-refractivity contribution in [3.63, 3.8) is 0 Å². The highest BCUT2D eigenvalue weighted by atomic mass is 16.6. The fourth-order valence-electron chi connectivity index (χ4n) is 3.27. The second-order valence-electron chi connectivity index (χ2n) is 7.92. The average molecular weight is 376 g/mol. The standard InChI is InChI=1S/C25H28O3/c1-6-19-9-7-8-10-21(19)23-16-20-12-11-18(15-22(20)27-23)13-14-25(4,5)28-24(26)17(2)3/h7-12,15-16H,2,6,13-14H2,1,3-5H3. The van der Waals surface area contributed by atoms with Crippen LogP contribution < -0.4 is 0 Å². The monoisotopic (exact) mass is 376 g/mol. The van der Waals surface area contributed by atoms with E-state index in [0.29, 0.717) is 5.57 Å². The van der Waals surface area contributed by atoms with E-state index in [0.717, 1.165) is 47.1 Å². The first-order valence-electron chi connectivity index (χ1n) is 9.78. The maximum atomic E-state index is 11.8. The van der Waals surface area contributed by atoms with Crippen LogP contribution in [0.4, 0.5) is 0 Å². The molecule has 0 N–H and O–H groups in total. The minimum atomic E-state index is -0.542. The number of esters is 1. The smallest absolute Gasteiger partial charge is 0.333 e. The molecule has 0 saturated carbocycles. The van der Waals surface area contributed by atoms with Crippen molar-refractivity contribution in [2.75, 3.05) is 0 Å². The molecule has 0 unspecified atom stereocenters. The van der Waals surface area contributed by atoms with Gasteiger partial charge in [0.15, 0.2) is 0 Å². The van der Waals surface area contributed by atoms with E-state index in [2.05, 4.69) is 56.0 Å². The Morgan fingerprint density at radius 2 is 1.89 bits per heavy atom. The van der Waals surface area contributed by atoms with Crippen molar-refractivity contribution in [1.82, 2.24) is 0 Å². The molecule has 0 radical (unpaired) electrons. The zero-order valence-electron chi connectivity index (χ0n) is 17.2. The molecule has 0 amide bonds. The number of rotatable bonds is 7. The van der Waals surface area contributed by atoms with Crippen molar-refractivity contribution in [2.45, 2.75) is 52.6 Å². The van der Waals surface area contributed by atoms with E-state index in [1.165, 1.54) is 5.56 Å². The van der Waals surface area contributed by atoms with Crippen LogP contribution in [0.2, 0.25) is 0 Å². The summed E-state index contributed by atoms with van der Waals surface area (Å²) in [5.74, 6) is 0.561. The highest BCUT2D eigenvalue weighted by Crippen LogP contribution is 2.31. The van der Waals surface area contributed by atoms with E-state index >= 15 is 0 Å². The first-order chi connectivity index (χ1) is 13.3. The lowest BCUT2D eigenvalue weighted by Gasteiger charge is -2.25. The minimum Gasteiger partial charge on any atom is -0.456 e.